The summed E-state index contributed by atoms with van der Waals surface area (Å²) in [7, 11) is 0. The average Bonchev–Trinajstić information content (AvgIpc) is 2.73. The number of fused-ring (bicyclic) bond motifs is 1. The van der Waals surface area contributed by atoms with Crippen LogP contribution in [0.15, 0.2) is 88.7 Å². The first kappa shape index (κ1) is 19.7. The molecule has 0 aliphatic heterocycles. The molecule has 0 aliphatic rings. The van der Waals surface area contributed by atoms with Crippen LogP contribution in [-0.4, -0.2) is 15.4 Å². The van der Waals surface area contributed by atoms with Gasteiger partial charge in [-0.25, -0.2) is 14.2 Å². The van der Waals surface area contributed by atoms with Crippen molar-refractivity contribution in [2.75, 3.05) is 10.6 Å². The summed E-state index contributed by atoms with van der Waals surface area (Å²) in [6.07, 6.45) is 1.68. The van der Waals surface area contributed by atoms with Gasteiger partial charge in [0.25, 0.3) is 5.56 Å². The van der Waals surface area contributed by atoms with E-state index in [2.05, 4.69) is 15.6 Å². The molecule has 0 aliphatic carbocycles. The maximum absolute atomic E-state index is 13.3. The molecule has 2 amide bonds. The van der Waals surface area contributed by atoms with Crippen molar-refractivity contribution >= 4 is 34.8 Å². The molecular weight excluding hydrogens is 403 g/mol. The molecule has 4 rings (SSSR count). The normalized spacial score (nSPS) is 10.7. The highest BCUT2D eigenvalue weighted by molar-refractivity contribution is 7.98. The molecule has 0 saturated carbocycles. The van der Waals surface area contributed by atoms with Crippen LogP contribution in [-0.2, 0) is 5.75 Å². The third-order valence-electron chi connectivity index (χ3n) is 4.22. The number of thioether (sulfide) groups is 1. The Labute approximate surface area is 175 Å². The number of amides is 2. The Balaban J connectivity index is 1.47. The van der Waals surface area contributed by atoms with Crippen LogP contribution in [0.5, 0.6) is 0 Å². The van der Waals surface area contributed by atoms with Gasteiger partial charge in [-0.05, 0) is 42.5 Å². The van der Waals surface area contributed by atoms with Crippen LogP contribution in [0.3, 0.4) is 0 Å². The molecule has 0 fully saturated rings. The zero-order chi connectivity index (χ0) is 20.9. The SMILES string of the molecule is O=C(Nc1cccc(F)c1)Nc1ccccc1SCc1cc(=O)n2ccccc2n1. The van der Waals surface area contributed by atoms with E-state index in [0.717, 1.165) is 4.90 Å². The Morgan fingerprint density at radius 3 is 2.70 bits per heavy atom. The van der Waals surface area contributed by atoms with Gasteiger partial charge in [-0.15, -0.1) is 11.8 Å². The lowest BCUT2D eigenvalue weighted by Gasteiger charge is -2.12. The highest BCUT2D eigenvalue weighted by atomic mass is 32.2. The number of urea groups is 1. The summed E-state index contributed by atoms with van der Waals surface area (Å²) in [5.74, 6) is 0.0349. The van der Waals surface area contributed by atoms with E-state index in [0.29, 0.717) is 28.5 Å². The third-order valence-corrected chi connectivity index (χ3v) is 5.32. The number of carbonyl (C=O) groups is 1. The maximum Gasteiger partial charge on any atom is 0.323 e. The fourth-order valence-corrected chi connectivity index (χ4v) is 3.78. The molecular formula is C22H17FN4O2S. The first-order valence-corrected chi connectivity index (χ1v) is 10.1. The van der Waals surface area contributed by atoms with Crippen molar-refractivity contribution in [2.45, 2.75) is 10.6 Å². The van der Waals surface area contributed by atoms with Gasteiger partial charge in [-0.3, -0.25) is 9.20 Å². The minimum absolute atomic E-state index is 0.142. The summed E-state index contributed by atoms with van der Waals surface area (Å²) < 4.78 is 14.8. The lowest BCUT2D eigenvalue weighted by molar-refractivity contribution is 0.262. The number of hydrogen-bond acceptors (Lipinski definition) is 4. The van der Waals surface area contributed by atoms with Crippen molar-refractivity contribution in [3.63, 3.8) is 0 Å². The Hall–Kier alpha value is -3.65. The van der Waals surface area contributed by atoms with E-state index >= 15 is 0 Å². The summed E-state index contributed by atoms with van der Waals surface area (Å²) in [6, 6.07) is 19.4. The van der Waals surface area contributed by atoms with Gasteiger partial charge in [0, 0.05) is 28.6 Å². The maximum atomic E-state index is 13.3. The van der Waals surface area contributed by atoms with Gasteiger partial charge >= 0.3 is 6.03 Å². The van der Waals surface area contributed by atoms with Crippen LogP contribution in [0.1, 0.15) is 5.69 Å². The van der Waals surface area contributed by atoms with Gasteiger partial charge in [-0.1, -0.05) is 24.3 Å². The van der Waals surface area contributed by atoms with E-state index in [-0.39, 0.29) is 5.56 Å². The van der Waals surface area contributed by atoms with Crippen LogP contribution in [0, 0.1) is 5.82 Å². The number of aromatic nitrogens is 2. The van der Waals surface area contributed by atoms with Gasteiger partial charge in [0.1, 0.15) is 11.5 Å². The molecule has 2 N–H and O–H groups in total. The number of carbonyl (C=O) groups excluding carboxylic acids is 1. The first-order valence-electron chi connectivity index (χ1n) is 9.11. The van der Waals surface area contributed by atoms with Crippen LogP contribution >= 0.6 is 11.8 Å². The Morgan fingerprint density at radius 2 is 1.83 bits per heavy atom. The molecule has 0 radical (unpaired) electrons. The van der Waals surface area contributed by atoms with Gasteiger partial charge in [0.15, 0.2) is 0 Å². The number of nitrogens with one attached hydrogen (secondary N) is 2. The molecule has 0 spiro atoms. The highest BCUT2D eigenvalue weighted by Crippen LogP contribution is 2.29. The fourth-order valence-electron chi connectivity index (χ4n) is 2.88. The first-order chi connectivity index (χ1) is 14.6. The van der Waals surface area contributed by atoms with Crippen molar-refractivity contribution in [1.82, 2.24) is 9.38 Å². The van der Waals surface area contributed by atoms with Gasteiger partial charge < -0.3 is 10.6 Å². The van der Waals surface area contributed by atoms with Crippen molar-refractivity contribution < 1.29 is 9.18 Å². The molecule has 150 valence electrons. The number of pyridine rings is 1. The van der Waals surface area contributed by atoms with Crippen LogP contribution in [0.25, 0.3) is 5.65 Å². The number of nitrogens with zero attached hydrogens (tertiary/aromatic N) is 2. The Kier molecular flexibility index (Phi) is 5.76. The van der Waals surface area contributed by atoms with Crippen molar-refractivity contribution in [3.05, 3.63) is 101 Å². The van der Waals surface area contributed by atoms with E-state index in [1.807, 2.05) is 24.3 Å². The highest BCUT2D eigenvalue weighted by Gasteiger charge is 2.09. The second-order valence-electron chi connectivity index (χ2n) is 6.39. The molecule has 30 heavy (non-hydrogen) atoms. The lowest BCUT2D eigenvalue weighted by atomic mass is 10.3. The van der Waals surface area contributed by atoms with E-state index in [1.165, 1.54) is 40.4 Å². The summed E-state index contributed by atoms with van der Waals surface area (Å²) in [5.41, 5.74) is 2.06. The molecule has 2 aromatic carbocycles. The third kappa shape index (κ3) is 4.66. The molecule has 2 aromatic heterocycles. The monoisotopic (exact) mass is 420 g/mol. The molecule has 4 aromatic rings. The average molecular weight is 420 g/mol. The molecule has 0 bridgehead atoms. The minimum Gasteiger partial charge on any atom is -0.308 e. The van der Waals surface area contributed by atoms with E-state index < -0.39 is 11.8 Å². The summed E-state index contributed by atoms with van der Waals surface area (Å²) in [5, 5.41) is 5.38. The van der Waals surface area contributed by atoms with E-state index in [4.69, 9.17) is 0 Å². The van der Waals surface area contributed by atoms with E-state index in [1.54, 1.807) is 30.5 Å². The van der Waals surface area contributed by atoms with Crippen molar-refractivity contribution in [2.24, 2.45) is 0 Å². The molecule has 0 saturated heterocycles. The fraction of sp³-hybridized carbons (Fsp3) is 0.0455. The number of hydrogen-bond donors (Lipinski definition) is 2. The molecule has 6 nitrogen and oxygen atoms in total. The molecule has 8 heteroatoms. The molecule has 2 heterocycles. The number of benzene rings is 2. The second kappa shape index (κ2) is 8.79. The number of halogens is 1. The quantitative estimate of drug-likeness (QED) is 0.456. The van der Waals surface area contributed by atoms with Crippen molar-refractivity contribution in [3.8, 4) is 0 Å². The number of rotatable bonds is 5. The second-order valence-corrected chi connectivity index (χ2v) is 7.41. The standard InChI is InChI=1S/C22H17FN4O2S/c23-15-6-5-7-16(12-15)25-22(29)26-18-8-1-2-9-19(18)30-14-17-13-21(28)27-11-4-3-10-20(27)24-17/h1-13H,14H2,(H2,25,26,29). The molecule has 0 atom stereocenters. The van der Waals surface area contributed by atoms with Gasteiger partial charge in [-0.2, -0.15) is 0 Å². The predicted molar refractivity (Wildman–Crippen MR) is 117 cm³/mol. The number of para-hydroxylation sites is 1. The predicted octanol–water partition coefficient (Wildman–Crippen LogP) is 4.77. The topological polar surface area (TPSA) is 75.5 Å². The smallest absolute Gasteiger partial charge is 0.308 e. The van der Waals surface area contributed by atoms with Crippen LogP contribution in [0.4, 0.5) is 20.6 Å². The summed E-state index contributed by atoms with van der Waals surface area (Å²) >= 11 is 1.45. The lowest BCUT2D eigenvalue weighted by Crippen LogP contribution is -2.19. The summed E-state index contributed by atoms with van der Waals surface area (Å²) in [6.45, 7) is 0. The summed E-state index contributed by atoms with van der Waals surface area (Å²) in [4.78, 5) is 29.9. The molecule has 0 unspecified atom stereocenters. The largest absolute Gasteiger partial charge is 0.323 e. The zero-order valence-electron chi connectivity index (χ0n) is 15.7. The zero-order valence-corrected chi connectivity index (χ0v) is 16.5. The Bertz CT molecular complexity index is 1280. The Morgan fingerprint density at radius 1 is 1.00 bits per heavy atom. The van der Waals surface area contributed by atoms with Crippen LogP contribution < -0.4 is 16.2 Å². The van der Waals surface area contributed by atoms with Gasteiger partial charge in [0.2, 0.25) is 0 Å². The van der Waals surface area contributed by atoms with Crippen molar-refractivity contribution in [1.29, 1.82) is 0 Å². The number of anilines is 2. The van der Waals surface area contributed by atoms with Crippen LogP contribution in [0.2, 0.25) is 0 Å². The van der Waals surface area contributed by atoms with Gasteiger partial charge in [0.05, 0.1) is 11.4 Å². The van der Waals surface area contributed by atoms with E-state index in [9.17, 15) is 14.0 Å². The minimum atomic E-state index is -0.476.